The fraction of sp³-hybridized carbons (Fsp3) is 0.100. The highest BCUT2D eigenvalue weighted by Gasteiger charge is 2.11. The van der Waals surface area contributed by atoms with E-state index >= 15 is 0 Å². The van der Waals surface area contributed by atoms with Crippen LogP contribution in [-0.2, 0) is 6.67 Å². The van der Waals surface area contributed by atoms with E-state index in [1.807, 2.05) is 0 Å². The van der Waals surface area contributed by atoms with E-state index in [9.17, 15) is 14.5 Å². The first kappa shape index (κ1) is 10.3. The highest BCUT2D eigenvalue weighted by molar-refractivity contribution is 5.57. The van der Waals surface area contributed by atoms with E-state index in [2.05, 4.69) is 4.98 Å². The third-order valence-electron chi connectivity index (χ3n) is 1.99. The van der Waals surface area contributed by atoms with Crippen LogP contribution in [0.5, 0.6) is 0 Å². The van der Waals surface area contributed by atoms with Crippen molar-refractivity contribution in [3.8, 4) is 11.5 Å². The summed E-state index contributed by atoms with van der Waals surface area (Å²) in [5.41, 5.74) is 0.395. The van der Waals surface area contributed by atoms with Gasteiger partial charge in [-0.05, 0) is 6.07 Å². The normalized spacial score (nSPS) is 10.3. The summed E-state index contributed by atoms with van der Waals surface area (Å²) in [6, 6.07) is 5.82. The number of aromatic nitrogens is 1. The number of nitro benzene ring substituents is 1. The molecule has 2 aromatic rings. The second-order valence-electron chi connectivity index (χ2n) is 3.07. The molecule has 82 valence electrons. The second-order valence-corrected chi connectivity index (χ2v) is 3.07. The molecule has 1 aromatic heterocycles. The van der Waals surface area contributed by atoms with Crippen LogP contribution in [0.1, 0.15) is 5.76 Å². The van der Waals surface area contributed by atoms with Crippen molar-refractivity contribution >= 4 is 5.69 Å². The minimum absolute atomic E-state index is 0.0579. The molecule has 0 atom stereocenters. The Labute approximate surface area is 89.7 Å². The van der Waals surface area contributed by atoms with Gasteiger partial charge in [-0.25, -0.2) is 9.37 Å². The van der Waals surface area contributed by atoms with Gasteiger partial charge in [0, 0.05) is 17.7 Å². The van der Waals surface area contributed by atoms with Crippen LogP contribution in [0.3, 0.4) is 0 Å². The summed E-state index contributed by atoms with van der Waals surface area (Å²) in [6.07, 6.45) is 1.26. The van der Waals surface area contributed by atoms with E-state index in [0.717, 1.165) is 0 Å². The van der Waals surface area contributed by atoms with Gasteiger partial charge in [-0.3, -0.25) is 10.1 Å². The Morgan fingerprint density at radius 1 is 1.50 bits per heavy atom. The summed E-state index contributed by atoms with van der Waals surface area (Å²) >= 11 is 0. The van der Waals surface area contributed by atoms with Gasteiger partial charge < -0.3 is 4.42 Å². The van der Waals surface area contributed by atoms with E-state index < -0.39 is 11.6 Å². The molecule has 0 saturated heterocycles. The second kappa shape index (κ2) is 4.09. The monoisotopic (exact) mass is 222 g/mol. The van der Waals surface area contributed by atoms with E-state index in [4.69, 9.17) is 4.42 Å². The first-order valence-corrected chi connectivity index (χ1v) is 4.46. The molecule has 0 unspecified atom stereocenters. The average Bonchev–Trinajstić information content (AvgIpc) is 2.77. The number of alkyl halides is 1. The Kier molecular flexibility index (Phi) is 2.63. The van der Waals surface area contributed by atoms with Gasteiger partial charge in [0.15, 0.2) is 5.76 Å². The molecule has 0 aliphatic rings. The number of non-ortho nitro benzene ring substituents is 1. The Morgan fingerprint density at radius 2 is 2.31 bits per heavy atom. The predicted octanol–water partition coefficient (Wildman–Crippen LogP) is 2.72. The Balaban J connectivity index is 2.40. The number of halogens is 1. The first-order valence-electron chi connectivity index (χ1n) is 4.46. The van der Waals surface area contributed by atoms with Crippen LogP contribution in [0, 0.1) is 10.1 Å². The largest absolute Gasteiger partial charge is 0.438 e. The number of hydrogen-bond acceptors (Lipinski definition) is 4. The molecule has 0 aliphatic heterocycles. The van der Waals surface area contributed by atoms with Crippen LogP contribution >= 0.6 is 0 Å². The number of rotatable bonds is 3. The predicted molar refractivity (Wildman–Crippen MR) is 53.4 cm³/mol. The molecule has 1 aromatic carbocycles. The number of hydrogen-bond donors (Lipinski definition) is 0. The zero-order chi connectivity index (χ0) is 11.5. The Bertz CT molecular complexity index is 524. The zero-order valence-electron chi connectivity index (χ0n) is 8.09. The molecule has 16 heavy (non-hydrogen) atoms. The summed E-state index contributed by atoms with van der Waals surface area (Å²) in [5, 5.41) is 10.5. The Morgan fingerprint density at radius 3 is 2.94 bits per heavy atom. The van der Waals surface area contributed by atoms with Crippen molar-refractivity contribution < 1.29 is 13.7 Å². The lowest BCUT2D eigenvalue weighted by Crippen LogP contribution is -1.87. The van der Waals surface area contributed by atoms with E-state index in [1.165, 1.54) is 24.4 Å². The molecule has 2 rings (SSSR count). The topological polar surface area (TPSA) is 69.2 Å². The maximum Gasteiger partial charge on any atom is 0.270 e. The minimum Gasteiger partial charge on any atom is -0.438 e. The molecule has 0 N–H and O–H groups in total. The molecule has 0 fully saturated rings. The first-order chi connectivity index (χ1) is 7.70. The van der Waals surface area contributed by atoms with Crippen molar-refractivity contribution in [1.82, 2.24) is 4.98 Å². The molecule has 0 spiro atoms. The van der Waals surface area contributed by atoms with Crippen LogP contribution in [0.4, 0.5) is 10.1 Å². The maximum atomic E-state index is 12.2. The summed E-state index contributed by atoms with van der Waals surface area (Å²) in [4.78, 5) is 13.9. The van der Waals surface area contributed by atoms with Gasteiger partial charge in [0.25, 0.3) is 5.69 Å². The minimum atomic E-state index is -0.748. The van der Waals surface area contributed by atoms with Crippen LogP contribution < -0.4 is 0 Å². The number of benzene rings is 1. The molecular formula is C10H7FN2O3. The van der Waals surface area contributed by atoms with Crippen LogP contribution in [0.25, 0.3) is 11.5 Å². The van der Waals surface area contributed by atoms with Crippen LogP contribution in [-0.4, -0.2) is 9.91 Å². The van der Waals surface area contributed by atoms with Crippen molar-refractivity contribution in [2.45, 2.75) is 6.67 Å². The SMILES string of the molecule is O=[N+]([O-])c1cccc(-c2ncc(CF)o2)c1. The van der Waals surface area contributed by atoms with Crippen molar-refractivity contribution in [3.05, 3.63) is 46.3 Å². The van der Waals surface area contributed by atoms with Crippen molar-refractivity contribution in [2.75, 3.05) is 0 Å². The van der Waals surface area contributed by atoms with Crippen molar-refractivity contribution in [2.24, 2.45) is 0 Å². The van der Waals surface area contributed by atoms with E-state index in [-0.39, 0.29) is 17.3 Å². The average molecular weight is 222 g/mol. The zero-order valence-corrected chi connectivity index (χ0v) is 8.09. The van der Waals surface area contributed by atoms with Crippen molar-refractivity contribution in [1.29, 1.82) is 0 Å². The molecule has 0 aliphatic carbocycles. The van der Waals surface area contributed by atoms with Gasteiger partial charge in [0.1, 0.15) is 6.67 Å². The maximum absolute atomic E-state index is 12.2. The number of nitrogens with zero attached hydrogens (tertiary/aromatic N) is 2. The molecule has 5 nitrogen and oxygen atoms in total. The highest BCUT2D eigenvalue weighted by atomic mass is 19.1. The molecule has 0 saturated carbocycles. The van der Waals surface area contributed by atoms with Crippen LogP contribution in [0.15, 0.2) is 34.9 Å². The molecule has 6 heteroatoms. The lowest BCUT2D eigenvalue weighted by atomic mass is 10.2. The summed E-state index contributed by atoms with van der Waals surface area (Å²) < 4.78 is 17.3. The molecule has 0 radical (unpaired) electrons. The van der Waals surface area contributed by atoms with Gasteiger partial charge >= 0.3 is 0 Å². The van der Waals surface area contributed by atoms with Gasteiger partial charge in [0.05, 0.1) is 11.1 Å². The molecule has 1 heterocycles. The smallest absolute Gasteiger partial charge is 0.270 e. The van der Waals surface area contributed by atoms with Gasteiger partial charge in [-0.1, -0.05) is 6.07 Å². The summed E-state index contributed by atoms with van der Waals surface area (Å²) in [5.74, 6) is 0.276. The summed E-state index contributed by atoms with van der Waals surface area (Å²) in [7, 11) is 0. The highest BCUT2D eigenvalue weighted by Crippen LogP contribution is 2.23. The van der Waals surface area contributed by atoms with E-state index in [0.29, 0.717) is 5.56 Å². The third kappa shape index (κ3) is 1.90. The quantitative estimate of drug-likeness (QED) is 0.591. The molecular weight excluding hydrogens is 215 g/mol. The third-order valence-corrected chi connectivity index (χ3v) is 1.99. The summed E-state index contributed by atoms with van der Waals surface area (Å²) in [6.45, 7) is -0.748. The molecule has 0 bridgehead atoms. The van der Waals surface area contributed by atoms with Gasteiger partial charge in [-0.2, -0.15) is 0 Å². The van der Waals surface area contributed by atoms with Crippen LogP contribution in [0.2, 0.25) is 0 Å². The fourth-order valence-electron chi connectivity index (χ4n) is 1.26. The van der Waals surface area contributed by atoms with Gasteiger partial charge in [-0.15, -0.1) is 0 Å². The van der Waals surface area contributed by atoms with E-state index in [1.54, 1.807) is 6.07 Å². The lowest BCUT2D eigenvalue weighted by Gasteiger charge is -1.95. The number of nitro groups is 1. The standard InChI is InChI=1S/C10H7FN2O3/c11-5-9-6-12-10(16-9)7-2-1-3-8(4-7)13(14)15/h1-4,6H,5H2. The fourth-order valence-corrected chi connectivity index (χ4v) is 1.26. The lowest BCUT2D eigenvalue weighted by molar-refractivity contribution is -0.384. The van der Waals surface area contributed by atoms with Gasteiger partial charge in [0.2, 0.25) is 5.89 Å². The number of oxazole rings is 1. The van der Waals surface area contributed by atoms with Crippen molar-refractivity contribution in [3.63, 3.8) is 0 Å². The Hall–Kier alpha value is -2.24. The molecule has 0 amide bonds.